The summed E-state index contributed by atoms with van der Waals surface area (Å²) in [6.07, 6.45) is -1.50. The highest BCUT2D eigenvalue weighted by Gasteiger charge is 2.66. The molecule has 2 bridgehead atoms. The van der Waals surface area contributed by atoms with Gasteiger partial charge in [-0.3, -0.25) is 4.79 Å². The molecule has 0 aromatic heterocycles. The lowest BCUT2D eigenvalue weighted by Gasteiger charge is -2.50. The van der Waals surface area contributed by atoms with Gasteiger partial charge < -0.3 is 19.3 Å². The van der Waals surface area contributed by atoms with Gasteiger partial charge >= 0.3 is 11.9 Å². The number of fused-ring (bicyclic) bond motifs is 2. The van der Waals surface area contributed by atoms with E-state index >= 15 is 0 Å². The minimum Gasteiger partial charge on any atom is -0.466 e. The zero-order chi connectivity index (χ0) is 15.2. The second-order valence-corrected chi connectivity index (χ2v) is 5.11. The van der Waals surface area contributed by atoms with Gasteiger partial charge in [0.05, 0.1) is 6.61 Å². The van der Waals surface area contributed by atoms with Crippen LogP contribution in [0.25, 0.3) is 0 Å². The van der Waals surface area contributed by atoms with E-state index in [0.717, 1.165) is 0 Å². The van der Waals surface area contributed by atoms with Crippen LogP contribution in [0.5, 0.6) is 0 Å². The summed E-state index contributed by atoms with van der Waals surface area (Å²) in [6, 6.07) is 6.86. The Bertz CT molecular complexity index is 598. The van der Waals surface area contributed by atoms with Crippen molar-refractivity contribution in [1.29, 1.82) is 0 Å². The molecule has 0 radical (unpaired) electrons. The van der Waals surface area contributed by atoms with E-state index in [2.05, 4.69) is 0 Å². The number of rotatable bonds is 3. The van der Waals surface area contributed by atoms with Crippen molar-refractivity contribution in [3.63, 3.8) is 0 Å². The molecule has 1 saturated heterocycles. The molecule has 4 rings (SSSR count). The van der Waals surface area contributed by atoms with E-state index in [1.165, 1.54) is 7.11 Å². The van der Waals surface area contributed by atoms with Gasteiger partial charge in [0.1, 0.15) is 12.0 Å². The number of aliphatic hydroxyl groups is 1. The van der Waals surface area contributed by atoms with Crippen molar-refractivity contribution in [2.24, 2.45) is 5.92 Å². The summed E-state index contributed by atoms with van der Waals surface area (Å²) in [5.74, 6) is -2.64. The Kier molecular flexibility index (Phi) is 3.22. The lowest BCUT2D eigenvalue weighted by atomic mass is 9.66. The quantitative estimate of drug-likeness (QED) is 0.825. The lowest BCUT2D eigenvalue weighted by Crippen LogP contribution is -2.63. The highest BCUT2D eigenvalue weighted by Crippen LogP contribution is 2.52. The SMILES string of the molecule is CCOC(=O)[C@@H]1[C@@H](OC)[C@H]2OC(=O)[C@]1(O)c1ccccc12. The third-order valence-corrected chi connectivity index (χ3v) is 4.11. The van der Waals surface area contributed by atoms with Crippen LogP contribution in [-0.2, 0) is 29.4 Å². The molecule has 0 saturated carbocycles. The summed E-state index contributed by atoms with van der Waals surface area (Å²) in [4.78, 5) is 24.4. The number of hydrogen-bond donors (Lipinski definition) is 1. The average Bonchev–Trinajstić information content (AvgIpc) is 2.48. The fraction of sp³-hybridized carbons (Fsp3) is 0.467. The molecule has 6 heteroatoms. The number of carbonyl (C=O) groups is 2. The maximum atomic E-state index is 12.2. The molecule has 0 unspecified atom stereocenters. The number of carbonyl (C=O) groups excluding carboxylic acids is 2. The van der Waals surface area contributed by atoms with Gasteiger partial charge in [0.2, 0.25) is 5.60 Å². The number of hydrogen-bond acceptors (Lipinski definition) is 6. The topological polar surface area (TPSA) is 82.1 Å². The van der Waals surface area contributed by atoms with Crippen LogP contribution in [-0.4, -0.2) is 36.9 Å². The molecule has 1 N–H and O–H groups in total. The van der Waals surface area contributed by atoms with E-state index < -0.39 is 35.7 Å². The molecule has 21 heavy (non-hydrogen) atoms. The van der Waals surface area contributed by atoms with E-state index in [0.29, 0.717) is 11.1 Å². The first-order valence-corrected chi connectivity index (χ1v) is 6.78. The van der Waals surface area contributed by atoms with Crippen molar-refractivity contribution >= 4 is 11.9 Å². The molecule has 3 aliphatic rings. The molecule has 6 nitrogen and oxygen atoms in total. The first kappa shape index (κ1) is 14.0. The zero-order valence-corrected chi connectivity index (χ0v) is 11.7. The van der Waals surface area contributed by atoms with Crippen molar-refractivity contribution in [1.82, 2.24) is 0 Å². The molecule has 4 atom stereocenters. The minimum atomic E-state index is -2.07. The number of benzene rings is 1. The standard InChI is InChI=1S/C15H16O6/c1-3-20-13(16)10-12(19-2)11-8-6-4-5-7-9(8)15(10,18)14(17)21-11/h4-7,10-12,18H,3H2,1-2H3/t10-,11-,12+,15-/m0/s1. The number of ether oxygens (including phenoxy) is 3. The summed E-state index contributed by atoms with van der Waals surface area (Å²) in [7, 11) is 1.41. The fourth-order valence-electron chi connectivity index (χ4n) is 3.22. The van der Waals surface area contributed by atoms with Crippen LogP contribution in [0.2, 0.25) is 0 Å². The van der Waals surface area contributed by atoms with Crippen molar-refractivity contribution in [3.05, 3.63) is 35.4 Å². The van der Waals surface area contributed by atoms with Gasteiger partial charge in [-0.15, -0.1) is 0 Å². The summed E-state index contributed by atoms with van der Waals surface area (Å²) in [6.45, 7) is 1.82. The van der Waals surface area contributed by atoms with Crippen molar-refractivity contribution < 1.29 is 28.9 Å². The van der Waals surface area contributed by atoms with E-state index in [1.54, 1.807) is 31.2 Å². The molecule has 1 aliphatic carbocycles. The van der Waals surface area contributed by atoms with E-state index in [-0.39, 0.29) is 6.61 Å². The molecule has 2 heterocycles. The summed E-state index contributed by atoms with van der Waals surface area (Å²) >= 11 is 0. The predicted octanol–water partition coefficient (Wildman–Crippen LogP) is 0.680. The van der Waals surface area contributed by atoms with Crippen LogP contribution >= 0.6 is 0 Å². The highest BCUT2D eigenvalue weighted by molar-refractivity contribution is 5.92. The predicted molar refractivity (Wildman–Crippen MR) is 70.1 cm³/mol. The van der Waals surface area contributed by atoms with Crippen molar-refractivity contribution in [2.45, 2.75) is 24.7 Å². The second-order valence-electron chi connectivity index (χ2n) is 5.11. The van der Waals surface area contributed by atoms with Gasteiger partial charge in [0, 0.05) is 18.2 Å². The van der Waals surface area contributed by atoms with Gasteiger partial charge in [-0.05, 0) is 6.92 Å². The van der Waals surface area contributed by atoms with Crippen LogP contribution in [0.4, 0.5) is 0 Å². The molecular weight excluding hydrogens is 276 g/mol. The van der Waals surface area contributed by atoms with Gasteiger partial charge in [-0.1, -0.05) is 24.3 Å². The molecule has 2 aliphatic heterocycles. The largest absolute Gasteiger partial charge is 0.466 e. The first-order chi connectivity index (χ1) is 10.1. The van der Waals surface area contributed by atoms with E-state index in [9.17, 15) is 14.7 Å². The molecule has 0 spiro atoms. The van der Waals surface area contributed by atoms with Crippen molar-refractivity contribution in [3.8, 4) is 0 Å². The summed E-state index contributed by atoms with van der Waals surface area (Å²) < 4.78 is 15.6. The van der Waals surface area contributed by atoms with Crippen LogP contribution in [0, 0.1) is 5.92 Å². The molecule has 112 valence electrons. The molecule has 1 fully saturated rings. The summed E-state index contributed by atoms with van der Waals surface area (Å²) in [5, 5.41) is 10.9. The Morgan fingerprint density at radius 1 is 1.43 bits per heavy atom. The number of methoxy groups -OCH3 is 1. The van der Waals surface area contributed by atoms with Gasteiger partial charge in [0.25, 0.3) is 0 Å². The van der Waals surface area contributed by atoms with Crippen LogP contribution < -0.4 is 0 Å². The fourth-order valence-corrected chi connectivity index (χ4v) is 3.22. The van der Waals surface area contributed by atoms with Crippen LogP contribution in [0.15, 0.2) is 24.3 Å². The van der Waals surface area contributed by atoms with Crippen molar-refractivity contribution in [2.75, 3.05) is 13.7 Å². The maximum absolute atomic E-state index is 12.2. The normalized spacial score (nSPS) is 33.3. The van der Waals surface area contributed by atoms with Crippen LogP contribution in [0.3, 0.4) is 0 Å². The lowest BCUT2D eigenvalue weighted by molar-refractivity contribution is -0.237. The molecular formula is C15H16O6. The van der Waals surface area contributed by atoms with Gasteiger partial charge in [0.15, 0.2) is 6.10 Å². The summed E-state index contributed by atoms with van der Waals surface area (Å²) in [5.41, 5.74) is -1.03. The third kappa shape index (κ3) is 1.72. The average molecular weight is 292 g/mol. The Labute approximate surface area is 121 Å². The Hall–Kier alpha value is -1.92. The van der Waals surface area contributed by atoms with Gasteiger partial charge in [-0.2, -0.15) is 0 Å². The van der Waals surface area contributed by atoms with E-state index in [1.807, 2.05) is 0 Å². The molecule has 0 amide bonds. The minimum absolute atomic E-state index is 0.156. The number of esters is 2. The Morgan fingerprint density at radius 2 is 2.14 bits per heavy atom. The smallest absolute Gasteiger partial charge is 0.344 e. The highest BCUT2D eigenvalue weighted by atomic mass is 16.6. The van der Waals surface area contributed by atoms with Gasteiger partial charge in [-0.25, -0.2) is 4.79 Å². The molecule has 1 aromatic carbocycles. The first-order valence-electron chi connectivity index (χ1n) is 6.78. The second kappa shape index (κ2) is 4.82. The zero-order valence-electron chi connectivity index (χ0n) is 11.7. The van der Waals surface area contributed by atoms with Crippen LogP contribution in [0.1, 0.15) is 24.2 Å². The Balaban J connectivity index is 2.18. The Morgan fingerprint density at radius 3 is 2.81 bits per heavy atom. The third-order valence-electron chi connectivity index (χ3n) is 4.11. The molecule has 1 aromatic rings. The monoisotopic (exact) mass is 292 g/mol. The maximum Gasteiger partial charge on any atom is 0.344 e. The van der Waals surface area contributed by atoms with E-state index in [4.69, 9.17) is 14.2 Å².